The summed E-state index contributed by atoms with van der Waals surface area (Å²) in [5.41, 5.74) is 9.20. The average molecular weight is 311 g/mol. The Morgan fingerprint density at radius 2 is 1.70 bits per heavy atom. The number of nitrogens with zero attached hydrogens (tertiary/aromatic N) is 2. The molecule has 118 valence electrons. The number of nitrogen functional groups attached to an aromatic ring is 1. The van der Waals surface area contributed by atoms with Crippen molar-refractivity contribution in [1.29, 1.82) is 0 Å². The van der Waals surface area contributed by atoms with Gasteiger partial charge >= 0.3 is 0 Å². The average Bonchev–Trinajstić information content (AvgIpc) is 3.06. The third-order valence-corrected chi connectivity index (χ3v) is 3.59. The van der Waals surface area contributed by atoms with Gasteiger partial charge in [-0.2, -0.15) is 4.98 Å². The number of ether oxygens (including phenoxy) is 2. The van der Waals surface area contributed by atoms with Gasteiger partial charge in [0.15, 0.2) is 11.5 Å². The van der Waals surface area contributed by atoms with Gasteiger partial charge in [0.2, 0.25) is 5.82 Å². The first-order valence-corrected chi connectivity index (χ1v) is 7.05. The lowest BCUT2D eigenvalue weighted by molar-refractivity contribution is 0.355. The van der Waals surface area contributed by atoms with E-state index >= 15 is 0 Å². The summed E-state index contributed by atoms with van der Waals surface area (Å²) < 4.78 is 15.9. The molecule has 0 amide bonds. The Balaban J connectivity index is 1.97. The van der Waals surface area contributed by atoms with Crippen LogP contribution in [0, 0.1) is 6.92 Å². The first kappa shape index (κ1) is 14.9. The lowest BCUT2D eigenvalue weighted by atomic mass is 10.1. The predicted octanol–water partition coefficient (Wildman–Crippen LogP) is 3.31. The van der Waals surface area contributed by atoms with Gasteiger partial charge in [-0.3, -0.25) is 0 Å². The highest BCUT2D eigenvalue weighted by atomic mass is 16.5. The molecule has 0 aliphatic rings. The molecule has 0 aliphatic heterocycles. The molecule has 0 radical (unpaired) electrons. The molecule has 3 rings (SSSR count). The molecule has 0 fully saturated rings. The van der Waals surface area contributed by atoms with Crippen LogP contribution in [0.3, 0.4) is 0 Å². The minimum atomic E-state index is 0.403. The monoisotopic (exact) mass is 311 g/mol. The Morgan fingerprint density at radius 3 is 2.39 bits per heavy atom. The van der Waals surface area contributed by atoms with E-state index in [1.54, 1.807) is 26.4 Å². The highest BCUT2D eigenvalue weighted by Crippen LogP contribution is 2.32. The molecule has 0 atom stereocenters. The van der Waals surface area contributed by atoms with E-state index in [4.69, 9.17) is 19.7 Å². The highest BCUT2D eigenvalue weighted by Gasteiger charge is 2.14. The van der Waals surface area contributed by atoms with Crippen LogP contribution in [0.5, 0.6) is 11.5 Å². The van der Waals surface area contributed by atoms with E-state index in [1.165, 1.54) is 0 Å². The van der Waals surface area contributed by atoms with Gasteiger partial charge in [0.1, 0.15) is 0 Å². The first-order chi connectivity index (χ1) is 11.1. The number of rotatable bonds is 4. The Labute approximate surface area is 133 Å². The molecule has 0 unspecified atom stereocenters. The molecule has 0 spiro atoms. The maximum absolute atomic E-state index is 5.93. The van der Waals surface area contributed by atoms with Crippen molar-refractivity contribution in [3.05, 3.63) is 42.0 Å². The van der Waals surface area contributed by atoms with E-state index in [9.17, 15) is 0 Å². The molecular weight excluding hydrogens is 294 g/mol. The summed E-state index contributed by atoms with van der Waals surface area (Å²) in [4.78, 5) is 4.42. The fourth-order valence-electron chi connectivity index (χ4n) is 2.21. The van der Waals surface area contributed by atoms with Gasteiger partial charge in [0, 0.05) is 16.8 Å². The Bertz CT molecular complexity index is 843. The van der Waals surface area contributed by atoms with Gasteiger partial charge in [-0.1, -0.05) is 17.3 Å². The minimum Gasteiger partial charge on any atom is -0.493 e. The van der Waals surface area contributed by atoms with E-state index in [-0.39, 0.29) is 0 Å². The van der Waals surface area contributed by atoms with Crippen LogP contribution in [0.4, 0.5) is 5.69 Å². The molecule has 1 aromatic heterocycles. The lowest BCUT2D eigenvalue weighted by Crippen LogP contribution is -1.91. The number of methoxy groups -OCH3 is 2. The molecule has 6 nitrogen and oxygen atoms in total. The number of hydrogen-bond acceptors (Lipinski definition) is 6. The molecule has 3 aromatic rings. The molecule has 0 saturated carbocycles. The zero-order valence-corrected chi connectivity index (χ0v) is 13.2. The second-order valence-electron chi connectivity index (χ2n) is 5.06. The third-order valence-electron chi connectivity index (χ3n) is 3.59. The van der Waals surface area contributed by atoms with Crippen molar-refractivity contribution in [2.24, 2.45) is 0 Å². The lowest BCUT2D eigenvalue weighted by Gasteiger charge is -2.07. The van der Waals surface area contributed by atoms with Crippen molar-refractivity contribution in [2.75, 3.05) is 20.0 Å². The zero-order chi connectivity index (χ0) is 16.4. The van der Waals surface area contributed by atoms with Crippen molar-refractivity contribution in [1.82, 2.24) is 10.1 Å². The van der Waals surface area contributed by atoms with Crippen LogP contribution in [0.1, 0.15) is 5.56 Å². The summed E-state index contributed by atoms with van der Waals surface area (Å²) >= 11 is 0. The van der Waals surface area contributed by atoms with E-state index in [0.717, 1.165) is 16.7 Å². The van der Waals surface area contributed by atoms with Crippen LogP contribution in [-0.2, 0) is 0 Å². The smallest absolute Gasteiger partial charge is 0.258 e. The SMILES string of the molecule is COc1ccc(-c2nc(-c3ccc(C)c(N)c3)no2)cc1OC. The fourth-order valence-corrected chi connectivity index (χ4v) is 2.21. The van der Waals surface area contributed by atoms with Gasteiger partial charge in [-0.05, 0) is 36.8 Å². The first-order valence-electron chi connectivity index (χ1n) is 7.05. The van der Waals surface area contributed by atoms with Crippen molar-refractivity contribution in [3.8, 4) is 34.3 Å². The van der Waals surface area contributed by atoms with Gasteiger partial charge in [0.25, 0.3) is 5.89 Å². The van der Waals surface area contributed by atoms with Crippen molar-refractivity contribution >= 4 is 5.69 Å². The summed E-state index contributed by atoms with van der Waals surface area (Å²) in [5, 5.41) is 4.02. The summed E-state index contributed by atoms with van der Waals surface area (Å²) in [6.45, 7) is 1.95. The zero-order valence-electron chi connectivity index (χ0n) is 13.2. The number of anilines is 1. The minimum absolute atomic E-state index is 0.403. The Hall–Kier alpha value is -3.02. The maximum atomic E-state index is 5.93. The molecule has 1 heterocycles. The summed E-state index contributed by atoms with van der Waals surface area (Å²) in [7, 11) is 3.17. The second kappa shape index (κ2) is 6.00. The van der Waals surface area contributed by atoms with E-state index < -0.39 is 0 Å². The van der Waals surface area contributed by atoms with E-state index in [0.29, 0.717) is 28.9 Å². The van der Waals surface area contributed by atoms with Gasteiger partial charge in [-0.15, -0.1) is 0 Å². The maximum Gasteiger partial charge on any atom is 0.258 e. The summed E-state index contributed by atoms with van der Waals surface area (Å²) in [5.74, 6) is 2.13. The standard InChI is InChI=1S/C17H17N3O3/c1-10-4-5-11(8-13(10)18)16-19-17(23-20-16)12-6-7-14(21-2)15(9-12)22-3/h4-9H,18H2,1-3H3. The van der Waals surface area contributed by atoms with E-state index in [1.807, 2.05) is 31.2 Å². The molecule has 6 heteroatoms. The summed E-state index contributed by atoms with van der Waals surface area (Å²) in [6, 6.07) is 11.1. The van der Waals surface area contributed by atoms with Crippen molar-refractivity contribution < 1.29 is 14.0 Å². The van der Waals surface area contributed by atoms with Crippen molar-refractivity contribution in [3.63, 3.8) is 0 Å². The molecular formula is C17H17N3O3. The van der Waals surface area contributed by atoms with Crippen LogP contribution >= 0.6 is 0 Å². The number of benzene rings is 2. The highest BCUT2D eigenvalue weighted by molar-refractivity contribution is 5.66. The quantitative estimate of drug-likeness (QED) is 0.744. The number of nitrogens with two attached hydrogens (primary N) is 1. The Kier molecular flexibility index (Phi) is 3.89. The molecule has 0 bridgehead atoms. The van der Waals surface area contributed by atoms with Crippen LogP contribution in [0.2, 0.25) is 0 Å². The molecule has 2 N–H and O–H groups in total. The Morgan fingerprint density at radius 1 is 0.957 bits per heavy atom. The van der Waals surface area contributed by atoms with E-state index in [2.05, 4.69) is 10.1 Å². The molecule has 0 saturated heterocycles. The van der Waals surface area contributed by atoms with Crippen LogP contribution in [0.25, 0.3) is 22.8 Å². The predicted molar refractivity (Wildman–Crippen MR) is 87.4 cm³/mol. The second-order valence-corrected chi connectivity index (χ2v) is 5.06. The van der Waals surface area contributed by atoms with Gasteiger partial charge in [-0.25, -0.2) is 0 Å². The van der Waals surface area contributed by atoms with Crippen LogP contribution in [0.15, 0.2) is 40.9 Å². The molecule has 0 aliphatic carbocycles. The number of aromatic nitrogens is 2. The largest absolute Gasteiger partial charge is 0.493 e. The molecule has 2 aromatic carbocycles. The number of hydrogen-bond donors (Lipinski definition) is 1. The van der Waals surface area contributed by atoms with Crippen molar-refractivity contribution in [2.45, 2.75) is 6.92 Å². The summed E-state index contributed by atoms with van der Waals surface area (Å²) in [6.07, 6.45) is 0. The topological polar surface area (TPSA) is 83.4 Å². The van der Waals surface area contributed by atoms with Gasteiger partial charge < -0.3 is 19.7 Å². The van der Waals surface area contributed by atoms with Crippen LogP contribution in [-0.4, -0.2) is 24.4 Å². The third kappa shape index (κ3) is 2.83. The number of aryl methyl sites for hydroxylation is 1. The normalized spacial score (nSPS) is 10.6. The van der Waals surface area contributed by atoms with Gasteiger partial charge in [0.05, 0.1) is 14.2 Å². The molecule has 23 heavy (non-hydrogen) atoms. The fraction of sp³-hybridized carbons (Fsp3) is 0.176. The van der Waals surface area contributed by atoms with Crippen LogP contribution < -0.4 is 15.2 Å².